The van der Waals surface area contributed by atoms with E-state index in [1.54, 1.807) is 0 Å². The van der Waals surface area contributed by atoms with Crippen molar-refractivity contribution in [2.75, 3.05) is 21.1 Å². The molecule has 0 saturated heterocycles. The van der Waals surface area contributed by atoms with Crippen molar-refractivity contribution in [2.24, 2.45) is 15.8 Å². The molecule has 0 amide bonds. The van der Waals surface area contributed by atoms with Gasteiger partial charge in [0.2, 0.25) is 15.8 Å². The zero-order valence-electron chi connectivity index (χ0n) is 11.0. The normalized spacial score (nSPS) is 13.0. The molecule has 1 aromatic heterocycles. The number of hydroxylamine groups is 3. The third-order valence-electron chi connectivity index (χ3n) is 1.29. The van der Waals surface area contributed by atoms with Gasteiger partial charge in [-0.05, 0) is 0 Å². The van der Waals surface area contributed by atoms with Crippen molar-refractivity contribution < 1.29 is 29.1 Å². The summed E-state index contributed by atoms with van der Waals surface area (Å²) in [6.45, 7) is 0. The molecule has 114 valence electrons. The molecule has 0 atom stereocenters. The molecule has 0 saturated carbocycles. The fraction of sp³-hybridized carbons (Fsp3) is 0.500. The first-order valence-corrected chi connectivity index (χ1v) is 4.99. The highest BCUT2D eigenvalue weighted by Crippen LogP contribution is 2.15. The van der Waals surface area contributed by atoms with Gasteiger partial charge in [-0.1, -0.05) is 14.6 Å². The second-order valence-corrected chi connectivity index (χ2v) is 3.09. The van der Waals surface area contributed by atoms with E-state index in [0.717, 1.165) is 21.1 Å². The number of aromatic nitrogens is 3. The van der Waals surface area contributed by atoms with Gasteiger partial charge < -0.3 is 15.6 Å². The Kier molecular flexibility index (Phi) is 5.42. The van der Waals surface area contributed by atoms with Gasteiger partial charge in [0.15, 0.2) is 21.1 Å². The van der Waals surface area contributed by atoms with Gasteiger partial charge in [0.05, 0.1) is 0 Å². The third kappa shape index (κ3) is 6.36. The lowest BCUT2D eigenvalue weighted by Crippen LogP contribution is -2.05. The summed E-state index contributed by atoms with van der Waals surface area (Å²) in [6.07, 6.45) is 0. The number of hydrogen-bond acceptors (Lipinski definition) is 12. The van der Waals surface area contributed by atoms with Crippen LogP contribution in [0.4, 0.5) is 0 Å². The maximum absolute atomic E-state index is 10.6. The van der Waals surface area contributed by atoms with Crippen LogP contribution in [-0.2, 0) is 0 Å². The molecule has 0 aliphatic heterocycles. The Hall–Kier alpha value is -3.39. The number of nitrogens with zero attached hydrogens (tertiary/aromatic N) is 9. The van der Waals surface area contributed by atoms with Crippen molar-refractivity contribution in [3.05, 3.63) is 15.6 Å². The standard InChI is InChI=1S/C6H9N9O6/c1-13(16)10-19-4-7-5(20-11-14(2)17)9-6(8-4)21-12-15(3)18/h1-3H3. The lowest BCUT2D eigenvalue weighted by atomic mass is 10.9. The van der Waals surface area contributed by atoms with Gasteiger partial charge in [0.1, 0.15) is 0 Å². The molecule has 0 aliphatic carbocycles. The van der Waals surface area contributed by atoms with Crippen molar-refractivity contribution in [2.45, 2.75) is 0 Å². The van der Waals surface area contributed by atoms with Crippen LogP contribution in [-0.4, -0.2) is 50.7 Å². The van der Waals surface area contributed by atoms with E-state index in [0.29, 0.717) is 0 Å². The lowest BCUT2D eigenvalue weighted by Gasteiger charge is -1.99. The molecule has 1 rings (SSSR count). The largest absolute Gasteiger partial charge is 0.598 e. The highest BCUT2D eigenvalue weighted by Gasteiger charge is 2.13. The highest BCUT2D eigenvalue weighted by atomic mass is 16.7. The molecule has 0 bridgehead atoms. The fourth-order valence-electron chi connectivity index (χ4n) is 0.725. The Morgan fingerprint density at radius 3 is 1.10 bits per heavy atom. The summed E-state index contributed by atoms with van der Waals surface area (Å²) in [4.78, 5) is 24.3. The maximum Gasteiger partial charge on any atom is 0.361 e. The van der Waals surface area contributed by atoms with E-state index < -0.39 is 18.0 Å². The van der Waals surface area contributed by atoms with Crippen molar-refractivity contribution >= 4 is 0 Å². The fourth-order valence-corrected chi connectivity index (χ4v) is 0.725. The minimum Gasteiger partial charge on any atom is -0.598 e. The van der Waals surface area contributed by atoms with Gasteiger partial charge >= 0.3 is 18.0 Å². The SMILES string of the molecule is C[N+]([O-])=NOc1nc(ON=[N+](C)[O-])nc(ON=[N+](C)[O-])n1. The van der Waals surface area contributed by atoms with E-state index in [9.17, 15) is 15.6 Å². The Morgan fingerprint density at radius 2 is 0.905 bits per heavy atom. The Bertz CT molecular complexity index is 481. The first-order valence-electron chi connectivity index (χ1n) is 4.99. The minimum atomic E-state index is -0.523. The second kappa shape index (κ2) is 7.26. The number of hydrogen-bond donors (Lipinski definition) is 0. The van der Waals surface area contributed by atoms with E-state index in [2.05, 4.69) is 45.3 Å². The molecule has 15 heteroatoms. The van der Waals surface area contributed by atoms with E-state index in [1.807, 2.05) is 0 Å². The topological polar surface area (TPSA) is 182 Å². The Morgan fingerprint density at radius 1 is 0.667 bits per heavy atom. The average Bonchev–Trinajstić information content (AvgIpc) is 2.40. The van der Waals surface area contributed by atoms with Crippen LogP contribution in [0.3, 0.4) is 0 Å². The molecule has 0 spiro atoms. The minimum absolute atomic E-state index is 0.0798. The molecular formula is C6H9N9O6. The molecule has 1 aromatic rings. The third-order valence-corrected chi connectivity index (χ3v) is 1.29. The average molecular weight is 303 g/mol. The van der Waals surface area contributed by atoms with Crippen molar-refractivity contribution in [3.63, 3.8) is 0 Å². The molecule has 0 aromatic carbocycles. The number of rotatable bonds is 6. The second-order valence-electron chi connectivity index (χ2n) is 3.09. The van der Waals surface area contributed by atoms with Gasteiger partial charge in [-0.25, -0.2) is 0 Å². The summed E-state index contributed by atoms with van der Waals surface area (Å²) in [7, 11) is 3.12. The van der Waals surface area contributed by atoms with Gasteiger partial charge in [-0.2, -0.15) is 0 Å². The van der Waals surface area contributed by atoms with Crippen LogP contribution in [0.1, 0.15) is 0 Å². The van der Waals surface area contributed by atoms with Gasteiger partial charge in [0, 0.05) is 0 Å². The zero-order valence-corrected chi connectivity index (χ0v) is 11.0. The smallest absolute Gasteiger partial charge is 0.361 e. The Labute approximate surface area is 116 Å². The first-order chi connectivity index (χ1) is 9.86. The van der Waals surface area contributed by atoms with Crippen LogP contribution in [0.25, 0.3) is 0 Å². The van der Waals surface area contributed by atoms with E-state index in [4.69, 9.17) is 0 Å². The lowest BCUT2D eigenvalue weighted by molar-refractivity contribution is -0.524. The van der Waals surface area contributed by atoms with Crippen LogP contribution < -0.4 is 14.5 Å². The molecule has 0 radical (unpaired) electrons. The summed E-state index contributed by atoms with van der Waals surface area (Å²) in [5.41, 5.74) is 0. The zero-order chi connectivity index (χ0) is 15.8. The van der Waals surface area contributed by atoms with E-state index in [1.165, 1.54) is 0 Å². The summed E-state index contributed by atoms with van der Waals surface area (Å²) in [5, 5.41) is 40.7. The maximum atomic E-state index is 10.6. The van der Waals surface area contributed by atoms with Crippen molar-refractivity contribution in [1.29, 1.82) is 0 Å². The van der Waals surface area contributed by atoms with Gasteiger partial charge in [0.25, 0.3) is 0 Å². The molecule has 1 heterocycles. The molecule has 0 unspecified atom stereocenters. The van der Waals surface area contributed by atoms with Gasteiger partial charge in [-0.3, -0.25) is 14.5 Å². The molecule has 0 aliphatic rings. The van der Waals surface area contributed by atoms with Crippen LogP contribution in [0.2, 0.25) is 0 Å². The van der Waals surface area contributed by atoms with Crippen LogP contribution >= 0.6 is 0 Å². The molecule has 15 nitrogen and oxygen atoms in total. The van der Waals surface area contributed by atoms with E-state index in [-0.39, 0.29) is 14.6 Å². The van der Waals surface area contributed by atoms with Crippen LogP contribution in [0.15, 0.2) is 15.8 Å². The first kappa shape index (κ1) is 15.7. The summed E-state index contributed by atoms with van der Waals surface area (Å²) in [5.74, 6) is 0. The highest BCUT2D eigenvalue weighted by molar-refractivity contribution is 5.08. The van der Waals surface area contributed by atoms with E-state index >= 15 is 0 Å². The molecule has 0 N–H and O–H groups in total. The van der Waals surface area contributed by atoms with Gasteiger partial charge in [-0.15, -0.1) is 15.0 Å². The predicted octanol–water partition coefficient (Wildman–Crippen LogP) is -0.470. The quantitative estimate of drug-likeness (QED) is 0.380. The monoisotopic (exact) mass is 303 g/mol. The predicted molar refractivity (Wildman–Crippen MR) is 57.6 cm³/mol. The molecular weight excluding hydrogens is 294 g/mol. The molecule has 21 heavy (non-hydrogen) atoms. The summed E-state index contributed by atoms with van der Waals surface area (Å²) in [6, 6.07) is -1.57. The van der Waals surface area contributed by atoms with Crippen molar-refractivity contribution in [3.8, 4) is 18.0 Å². The van der Waals surface area contributed by atoms with Crippen molar-refractivity contribution in [1.82, 2.24) is 15.0 Å². The van der Waals surface area contributed by atoms with Crippen LogP contribution in [0, 0.1) is 15.6 Å². The summed E-state index contributed by atoms with van der Waals surface area (Å²) >= 11 is 0. The summed E-state index contributed by atoms with van der Waals surface area (Å²) < 4.78 is 0. The van der Waals surface area contributed by atoms with Crippen LogP contribution in [0.5, 0.6) is 18.0 Å². The molecule has 0 fully saturated rings. The Balaban J connectivity index is 3.03.